The smallest absolute Gasteiger partial charge is 0.410 e. The van der Waals surface area contributed by atoms with E-state index in [9.17, 15) is 9.59 Å². The van der Waals surface area contributed by atoms with Gasteiger partial charge in [-0.3, -0.25) is 9.80 Å². The lowest BCUT2D eigenvalue weighted by Crippen LogP contribution is -2.59. The van der Waals surface area contributed by atoms with E-state index in [1.807, 2.05) is 46.4 Å². The molecule has 3 heterocycles. The van der Waals surface area contributed by atoms with E-state index in [-0.39, 0.29) is 42.0 Å². The maximum Gasteiger partial charge on any atom is 0.410 e. The number of likely N-dealkylation sites (N-methyl/N-ethyl adjacent to an activating group) is 1. The first-order valence-corrected chi connectivity index (χ1v) is 12.0. The number of hydrogen-bond acceptors (Lipinski definition) is 9. The summed E-state index contributed by atoms with van der Waals surface area (Å²) in [6, 6.07) is 1.80. The van der Waals surface area contributed by atoms with Gasteiger partial charge in [0.2, 0.25) is 0 Å². The third-order valence-electron chi connectivity index (χ3n) is 6.34. The lowest BCUT2D eigenvalue weighted by molar-refractivity contribution is 0.00556. The molecule has 0 unspecified atom stereocenters. The van der Waals surface area contributed by atoms with Crippen molar-refractivity contribution in [2.24, 2.45) is 0 Å². The minimum Gasteiger partial charge on any atom is -0.464 e. The number of hydrogen-bond donors (Lipinski definition) is 0. The van der Waals surface area contributed by atoms with Gasteiger partial charge in [-0.25, -0.2) is 9.59 Å². The molecule has 0 radical (unpaired) electrons. The average Bonchev–Trinajstić information content (AvgIpc) is 3.17. The first-order valence-electron chi connectivity index (χ1n) is 12.0. The van der Waals surface area contributed by atoms with Crippen molar-refractivity contribution in [1.82, 2.24) is 19.8 Å². The van der Waals surface area contributed by atoms with Crippen molar-refractivity contribution in [2.75, 3.05) is 38.7 Å². The normalized spacial score (nSPS) is 24.6. The van der Waals surface area contributed by atoms with E-state index >= 15 is 0 Å². The first-order chi connectivity index (χ1) is 15.9. The fourth-order valence-corrected chi connectivity index (χ4v) is 4.80. The van der Waals surface area contributed by atoms with Gasteiger partial charge in [0, 0.05) is 25.2 Å². The highest BCUT2D eigenvalue weighted by Crippen LogP contribution is 2.27. The van der Waals surface area contributed by atoms with E-state index in [1.54, 1.807) is 11.0 Å². The van der Waals surface area contributed by atoms with Gasteiger partial charge in [-0.1, -0.05) is 0 Å². The summed E-state index contributed by atoms with van der Waals surface area (Å²) < 4.78 is 16.6. The second-order valence-electron chi connectivity index (χ2n) is 10.4. The molecule has 0 aromatic carbocycles. The number of likely N-dealkylation sites (tertiary alicyclic amines) is 1. The van der Waals surface area contributed by atoms with Crippen molar-refractivity contribution < 1.29 is 23.8 Å². The molecule has 2 aliphatic heterocycles. The Morgan fingerprint density at radius 3 is 2.32 bits per heavy atom. The zero-order chi connectivity index (χ0) is 25.2. The molecule has 0 spiro atoms. The number of methoxy groups -OCH3 is 1. The fourth-order valence-electron chi connectivity index (χ4n) is 4.80. The Bertz CT molecular complexity index is 877. The molecule has 2 fully saturated rings. The number of nitrogens with zero attached hydrogens (tertiary/aromatic N) is 5. The second kappa shape index (κ2) is 10.3. The van der Waals surface area contributed by atoms with E-state index in [2.05, 4.69) is 21.9 Å². The van der Waals surface area contributed by atoms with Crippen LogP contribution in [0.15, 0.2) is 6.07 Å². The highest BCUT2D eigenvalue weighted by atomic mass is 16.6. The number of aromatic nitrogens is 2. The minimum atomic E-state index is -0.563. The van der Waals surface area contributed by atoms with E-state index in [4.69, 9.17) is 14.2 Å². The Labute approximate surface area is 202 Å². The van der Waals surface area contributed by atoms with E-state index < -0.39 is 11.6 Å². The van der Waals surface area contributed by atoms with Crippen molar-refractivity contribution in [2.45, 2.75) is 84.2 Å². The van der Waals surface area contributed by atoms with Gasteiger partial charge >= 0.3 is 18.1 Å². The maximum absolute atomic E-state index is 12.8. The van der Waals surface area contributed by atoms with Gasteiger partial charge in [-0.2, -0.15) is 9.97 Å². The van der Waals surface area contributed by atoms with Crippen LogP contribution in [0.5, 0.6) is 6.01 Å². The molecule has 1 aromatic heterocycles. The Morgan fingerprint density at radius 2 is 1.79 bits per heavy atom. The molecule has 2 aliphatic rings. The molecule has 10 nitrogen and oxygen atoms in total. The minimum absolute atomic E-state index is 0.120. The molecule has 0 aliphatic carbocycles. The van der Waals surface area contributed by atoms with E-state index in [0.29, 0.717) is 18.9 Å². The summed E-state index contributed by atoms with van der Waals surface area (Å²) in [7, 11) is 3.41. The Kier molecular flexibility index (Phi) is 7.90. The summed E-state index contributed by atoms with van der Waals surface area (Å²) in [4.78, 5) is 40.1. The number of amides is 1. The predicted molar refractivity (Wildman–Crippen MR) is 128 cm³/mol. The fraction of sp³-hybridized carbons (Fsp3) is 0.750. The summed E-state index contributed by atoms with van der Waals surface area (Å²) in [6.07, 6.45) is 1.71. The maximum atomic E-state index is 12.8. The molecule has 0 N–H and O–H groups in total. The quantitative estimate of drug-likeness (QED) is 0.593. The van der Waals surface area contributed by atoms with Gasteiger partial charge in [-0.15, -0.1) is 0 Å². The van der Waals surface area contributed by atoms with E-state index in [1.165, 1.54) is 7.11 Å². The predicted octanol–water partition coefficient (Wildman–Crippen LogP) is 2.96. The lowest BCUT2D eigenvalue weighted by Gasteiger charge is -2.44. The molecule has 1 amide bonds. The summed E-state index contributed by atoms with van der Waals surface area (Å²) >= 11 is 0. The number of anilines is 1. The van der Waals surface area contributed by atoms with Crippen LogP contribution < -0.4 is 9.64 Å². The van der Waals surface area contributed by atoms with Gasteiger partial charge in [0.15, 0.2) is 5.69 Å². The highest BCUT2D eigenvalue weighted by molar-refractivity contribution is 5.88. The third kappa shape index (κ3) is 6.08. The number of ether oxygens (including phenoxy) is 3. The van der Waals surface area contributed by atoms with Gasteiger partial charge in [0.25, 0.3) is 0 Å². The zero-order valence-corrected chi connectivity index (χ0v) is 21.7. The number of carbonyl (C=O) groups excluding carboxylic acids is 2. The van der Waals surface area contributed by atoms with Crippen LogP contribution in [0.2, 0.25) is 0 Å². The van der Waals surface area contributed by atoms with Crippen molar-refractivity contribution in [3.63, 3.8) is 0 Å². The largest absolute Gasteiger partial charge is 0.464 e. The number of carbonyl (C=O) groups is 2. The topological polar surface area (TPSA) is 97.3 Å². The first kappa shape index (κ1) is 26.0. The van der Waals surface area contributed by atoms with Gasteiger partial charge in [-0.05, 0) is 68.0 Å². The van der Waals surface area contributed by atoms with Gasteiger partial charge in [0.1, 0.15) is 17.5 Å². The third-order valence-corrected chi connectivity index (χ3v) is 6.34. The van der Waals surface area contributed by atoms with Crippen LogP contribution in [0.1, 0.15) is 64.9 Å². The average molecular weight is 478 g/mol. The summed E-state index contributed by atoms with van der Waals surface area (Å²) in [5, 5.41) is 0. The summed E-state index contributed by atoms with van der Waals surface area (Å²) in [5.41, 5.74) is -0.421. The molecule has 34 heavy (non-hydrogen) atoms. The molecule has 0 saturated carbocycles. The van der Waals surface area contributed by atoms with Crippen LogP contribution in [0, 0.1) is 0 Å². The molecule has 0 bridgehead atoms. The Hall–Kier alpha value is -2.62. The zero-order valence-electron chi connectivity index (χ0n) is 21.7. The van der Waals surface area contributed by atoms with Crippen molar-refractivity contribution in [3.05, 3.63) is 11.8 Å². The summed E-state index contributed by atoms with van der Waals surface area (Å²) in [6.45, 7) is 13.6. The van der Waals surface area contributed by atoms with Crippen molar-refractivity contribution in [1.29, 1.82) is 0 Å². The number of piperazine rings is 1. The van der Waals surface area contributed by atoms with E-state index in [0.717, 1.165) is 19.4 Å². The van der Waals surface area contributed by atoms with Crippen molar-refractivity contribution >= 4 is 17.9 Å². The Morgan fingerprint density at radius 1 is 1.15 bits per heavy atom. The van der Waals surface area contributed by atoms with Crippen molar-refractivity contribution in [3.8, 4) is 6.01 Å². The molecule has 1 aromatic rings. The van der Waals surface area contributed by atoms with Gasteiger partial charge in [0.05, 0.1) is 19.2 Å². The second-order valence-corrected chi connectivity index (χ2v) is 10.4. The molecule has 2 saturated heterocycles. The van der Waals surface area contributed by atoms with Crippen LogP contribution in [0.4, 0.5) is 10.6 Å². The van der Waals surface area contributed by atoms with Gasteiger partial charge < -0.3 is 19.1 Å². The Balaban J connectivity index is 1.82. The molecular weight excluding hydrogens is 438 g/mol. The molecule has 3 rings (SSSR count). The molecule has 4 atom stereocenters. The molecule has 190 valence electrons. The molecule has 10 heteroatoms. The van der Waals surface area contributed by atoms with Crippen LogP contribution in [-0.4, -0.2) is 95.5 Å². The van der Waals surface area contributed by atoms with Crippen LogP contribution in [-0.2, 0) is 9.47 Å². The van der Waals surface area contributed by atoms with Crippen LogP contribution >= 0.6 is 0 Å². The number of esters is 1. The highest BCUT2D eigenvalue weighted by Gasteiger charge is 2.36. The van der Waals surface area contributed by atoms with Crippen LogP contribution in [0.3, 0.4) is 0 Å². The molecular formula is C24H39N5O5. The monoisotopic (exact) mass is 477 g/mol. The lowest BCUT2D eigenvalue weighted by atomic mass is 10.1. The number of rotatable bonds is 5. The van der Waals surface area contributed by atoms with Crippen LogP contribution in [0.25, 0.3) is 0 Å². The standard InChI is InChI=1S/C24H39N5O5/c1-15-13-28(14-16(2)29(15)23(31)34-24(4,5)6)20-12-18(21(30)32-8)25-22(26-20)33-17(3)19-10-9-11-27(19)7/h12,15-17,19H,9-11,13-14H2,1-8H3/t15-,16-,17-,19-/m0/s1. The SMILES string of the molecule is COC(=O)c1cc(N2C[C@H](C)N(C(=O)OC(C)(C)C)[C@@H](C)C2)nc(O[C@@H](C)[C@@H]2CCCN2C)n1. The summed E-state index contributed by atoms with van der Waals surface area (Å²) in [5.74, 6) is 0.0209.